The number of para-hydroxylation sites is 1. The van der Waals surface area contributed by atoms with E-state index in [2.05, 4.69) is 26.1 Å². The predicted molar refractivity (Wildman–Crippen MR) is 226 cm³/mol. The number of rotatable bonds is 23. The molecular formula is C46H46N2O10S. The van der Waals surface area contributed by atoms with Gasteiger partial charge in [-0.15, -0.1) is 11.3 Å². The van der Waals surface area contributed by atoms with Crippen LogP contribution in [0.1, 0.15) is 63.0 Å². The van der Waals surface area contributed by atoms with Gasteiger partial charge in [-0.2, -0.15) is 0 Å². The Hall–Kier alpha value is -6.60. The molecule has 0 aliphatic rings. The molecule has 4 aromatic carbocycles. The summed E-state index contributed by atoms with van der Waals surface area (Å²) in [6, 6.07) is 26.5. The summed E-state index contributed by atoms with van der Waals surface area (Å²) >= 11 is 1.65. The molecule has 0 bridgehead atoms. The van der Waals surface area contributed by atoms with Gasteiger partial charge in [-0.1, -0.05) is 38.3 Å². The predicted octanol–water partition coefficient (Wildman–Crippen LogP) is 8.35. The van der Waals surface area contributed by atoms with E-state index in [1.807, 2.05) is 30.3 Å². The zero-order valence-corrected chi connectivity index (χ0v) is 33.7. The molecule has 306 valence electrons. The molecule has 0 fully saturated rings. The van der Waals surface area contributed by atoms with Crippen molar-refractivity contribution in [3.63, 3.8) is 0 Å². The highest BCUT2D eigenvalue weighted by Gasteiger charge is 2.15. The molecule has 1 heterocycles. The van der Waals surface area contributed by atoms with Gasteiger partial charge in [-0.25, -0.2) is 24.2 Å². The van der Waals surface area contributed by atoms with Crippen LogP contribution in [0.25, 0.3) is 10.2 Å². The van der Waals surface area contributed by atoms with Crippen LogP contribution in [0.4, 0.5) is 0 Å². The first-order valence-electron chi connectivity index (χ1n) is 19.2. The minimum Gasteiger partial charge on any atom is -0.493 e. The maximum absolute atomic E-state index is 13.3. The lowest BCUT2D eigenvalue weighted by molar-refractivity contribution is -0.138. The molecule has 0 N–H and O–H groups in total. The number of nitrogens with zero attached hydrogens (tertiary/aromatic N) is 2. The molecule has 1 aromatic heterocycles. The zero-order valence-electron chi connectivity index (χ0n) is 32.8. The Morgan fingerprint density at radius 3 is 1.93 bits per heavy atom. The number of carbonyl (C=O) groups is 4. The lowest BCUT2D eigenvalue weighted by Crippen LogP contribution is -2.12. The van der Waals surface area contributed by atoms with E-state index >= 15 is 0 Å². The number of esters is 4. The van der Waals surface area contributed by atoms with Gasteiger partial charge in [0.15, 0.2) is 0 Å². The number of thiazole rings is 1. The Morgan fingerprint density at radius 1 is 0.729 bits per heavy atom. The summed E-state index contributed by atoms with van der Waals surface area (Å²) in [6.45, 7) is 9.98. The Labute approximate surface area is 347 Å². The lowest BCUT2D eigenvalue weighted by Gasteiger charge is -2.12. The van der Waals surface area contributed by atoms with Crippen LogP contribution in [-0.4, -0.2) is 74.2 Å². The minimum atomic E-state index is -0.559. The number of hydrogen-bond acceptors (Lipinski definition) is 13. The van der Waals surface area contributed by atoms with Crippen molar-refractivity contribution in [2.45, 2.75) is 45.1 Å². The summed E-state index contributed by atoms with van der Waals surface area (Å²) in [6.07, 6.45) is 6.77. The quantitative estimate of drug-likeness (QED) is 0.0156. The molecule has 12 nitrogen and oxygen atoms in total. The molecular weight excluding hydrogens is 773 g/mol. The molecule has 5 rings (SSSR count). The summed E-state index contributed by atoms with van der Waals surface area (Å²) in [4.78, 5) is 58.2. The number of benzene rings is 4. The molecule has 59 heavy (non-hydrogen) atoms. The summed E-state index contributed by atoms with van der Waals surface area (Å²) in [5, 5.41) is 0.992. The van der Waals surface area contributed by atoms with Gasteiger partial charge >= 0.3 is 23.9 Å². The summed E-state index contributed by atoms with van der Waals surface area (Å²) < 4.78 is 33.8. The number of aromatic nitrogens is 1. The van der Waals surface area contributed by atoms with Gasteiger partial charge in [-0.3, -0.25) is 4.99 Å². The van der Waals surface area contributed by atoms with Crippen molar-refractivity contribution in [2.24, 2.45) is 4.99 Å². The topological polar surface area (TPSA) is 149 Å². The molecule has 13 heteroatoms. The molecule has 0 radical (unpaired) electrons. The van der Waals surface area contributed by atoms with Gasteiger partial charge in [-0.05, 0) is 84.8 Å². The first-order valence-corrected chi connectivity index (χ1v) is 20.0. The molecule has 1 atom stereocenters. The van der Waals surface area contributed by atoms with Crippen LogP contribution in [0, 0.1) is 0 Å². The van der Waals surface area contributed by atoms with Crippen molar-refractivity contribution in [3.8, 4) is 17.2 Å². The van der Waals surface area contributed by atoms with Crippen LogP contribution in [-0.2, 0) is 36.6 Å². The van der Waals surface area contributed by atoms with E-state index in [1.54, 1.807) is 72.1 Å². The second-order valence-electron chi connectivity index (χ2n) is 13.0. The van der Waals surface area contributed by atoms with Gasteiger partial charge in [0, 0.05) is 49.6 Å². The fourth-order valence-corrected chi connectivity index (χ4v) is 6.52. The highest BCUT2D eigenvalue weighted by Crippen LogP contribution is 2.25. The van der Waals surface area contributed by atoms with Crippen LogP contribution in [0.5, 0.6) is 17.2 Å². The third kappa shape index (κ3) is 14.1. The maximum atomic E-state index is 13.3. The van der Waals surface area contributed by atoms with Crippen molar-refractivity contribution in [3.05, 3.63) is 144 Å². The maximum Gasteiger partial charge on any atom is 0.343 e. The smallest absolute Gasteiger partial charge is 0.343 e. The first-order chi connectivity index (χ1) is 28.7. The fourth-order valence-electron chi connectivity index (χ4n) is 5.48. The van der Waals surface area contributed by atoms with Crippen molar-refractivity contribution in [1.82, 2.24) is 4.98 Å². The largest absolute Gasteiger partial charge is 0.493 e. The molecule has 0 aliphatic heterocycles. The average molecular weight is 819 g/mol. The van der Waals surface area contributed by atoms with E-state index < -0.39 is 23.9 Å². The third-order valence-electron chi connectivity index (χ3n) is 8.66. The standard InChI is InChI=1S/C46H46N2O10S/c1-4-36(30-42-48-39-11-7-8-12-41(39)59-42)47-31-35-29-32(23-28-57-45(51)33-14-18-37(19-15-33)53-24-9-26-55-43(49)5-2)13-22-40(35)58-46(52)34-16-20-38(21-17-34)54-25-10-27-56-44(50)6-3/h5-8,11-22,29,31,36H,2-4,9-10,23-28,30H2,1H3. The van der Waals surface area contributed by atoms with Crippen LogP contribution < -0.4 is 14.2 Å². The van der Waals surface area contributed by atoms with E-state index in [9.17, 15) is 19.2 Å². The number of carbonyl (C=O) groups excluding carboxylic acids is 4. The summed E-state index contributed by atoms with van der Waals surface area (Å²) in [5.74, 6) is -0.563. The number of ether oxygens (including phenoxy) is 6. The van der Waals surface area contributed by atoms with Gasteiger partial charge in [0.05, 0.1) is 65.4 Å². The van der Waals surface area contributed by atoms with E-state index in [4.69, 9.17) is 38.4 Å². The highest BCUT2D eigenvalue weighted by molar-refractivity contribution is 7.18. The Kier molecular flexibility index (Phi) is 16.9. The second-order valence-corrected chi connectivity index (χ2v) is 14.1. The Balaban J connectivity index is 1.21. The zero-order chi connectivity index (χ0) is 41.8. The van der Waals surface area contributed by atoms with Gasteiger partial charge in [0.2, 0.25) is 0 Å². The molecule has 5 aromatic rings. The van der Waals surface area contributed by atoms with Crippen molar-refractivity contribution < 1.29 is 47.6 Å². The average Bonchev–Trinajstić information content (AvgIpc) is 3.68. The number of fused-ring (bicyclic) bond motifs is 1. The second kappa shape index (κ2) is 23.0. The molecule has 1 unspecified atom stereocenters. The SMILES string of the molecule is C=CC(=O)OCCCOc1ccc(C(=O)OCCc2ccc(OC(=O)c3ccc(OCCCOC(=O)C=C)cc3)c(C=NC(CC)Cc3nc4ccccc4s3)c2)cc1. The summed E-state index contributed by atoms with van der Waals surface area (Å²) in [7, 11) is 0. The molecule has 0 saturated carbocycles. The summed E-state index contributed by atoms with van der Waals surface area (Å²) in [5.41, 5.74) is 3.10. The van der Waals surface area contributed by atoms with Crippen LogP contribution in [0.15, 0.2) is 121 Å². The molecule has 0 aliphatic carbocycles. The lowest BCUT2D eigenvalue weighted by atomic mass is 10.1. The van der Waals surface area contributed by atoms with E-state index in [-0.39, 0.29) is 25.9 Å². The van der Waals surface area contributed by atoms with Gasteiger partial charge in [0.25, 0.3) is 0 Å². The molecule has 0 saturated heterocycles. The van der Waals surface area contributed by atoms with E-state index in [0.717, 1.165) is 39.4 Å². The van der Waals surface area contributed by atoms with Crippen molar-refractivity contribution in [1.29, 1.82) is 0 Å². The van der Waals surface area contributed by atoms with Gasteiger partial charge in [0.1, 0.15) is 17.2 Å². The van der Waals surface area contributed by atoms with Crippen LogP contribution in [0.2, 0.25) is 0 Å². The van der Waals surface area contributed by atoms with Crippen molar-refractivity contribution >= 4 is 51.6 Å². The van der Waals surface area contributed by atoms with E-state index in [0.29, 0.717) is 72.8 Å². The van der Waals surface area contributed by atoms with Crippen molar-refractivity contribution in [2.75, 3.05) is 33.0 Å². The minimum absolute atomic E-state index is 0.0656. The first kappa shape index (κ1) is 43.5. The Bertz CT molecular complexity index is 2200. The third-order valence-corrected chi connectivity index (χ3v) is 9.72. The Morgan fingerprint density at radius 2 is 1.34 bits per heavy atom. The van der Waals surface area contributed by atoms with E-state index in [1.165, 1.54) is 0 Å². The number of aliphatic imine (C=N–C) groups is 1. The van der Waals surface area contributed by atoms with Gasteiger partial charge < -0.3 is 28.4 Å². The monoisotopic (exact) mass is 818 g/mol. The highest BCUT2D eigenvalue weighted by atomic mass is 32.1. The normalized spacial score (nSPS) is 11.4. The fraction of sp³-hybridized carbons (Fsp3) is 0.261. The number of hydrogen-bond donors (Lipinski definition) is 0. The van der Waals surface area contributed by atoms with Crippen LogP contribution in [0.3, 0.4) is 0 Å². The van der Waals surface area contributed by atoms with Crippen LogP contribution >= 0.6 is 11.3 Å². The molecule has 0 amide bonds. The molecule has 0 spiro atoms.